The molecule has 0 atom stereocenters. The van der Waals surface area contributed by atoms with Crippen molar-refractivity contribution in [2.75, 3.05) is 38.1 Å². The molecule has 8 heteroatoms. The van der Waals surface area contributed by atoms with Crippen LogP contribution in [0.1, 0.15) is 0 Å². The lowest BCUT2D eigenvalue weighted by Crippen LogP contribution is -2.44. The number of halogens is 1. The molecule has 1 aliphatic heterocycles. The number of hydrogen-bond acceptors (Lipinski definition) is 5. The average molecular weight is 416 g/mol. The normalized spacial score (nSPS) is 15.5. The van der Waals surface area contributed by atoms with Crippen LogP contribution < -0.4 is 4.90 Å². The maximum Gasteiger partial charge on any atom is 0.417 e. The number of benzene rings is 1. The zero-order chi connectivity index (χ0) is 18.3. The van der Waals surface area contributed by atoms with E-state index in [1.165, 1.54) is 11.9 Å². The second-order valence-corrected chi connectivity index (χ2v) is 7.25. The van der Waals surface area contributed by atoms with Crippen LogP contribution in [0.4, 0.5) is 10.5 Å². The fraction of sp³-hybridized carbons (Fsp3) is 0.278. The van der Waals surface area contributed by atoms with Gasteiger partial charge in [0.2, 0.25) is 0 Å². The second-order valence-electron chi connectivity index (χ2n) is 6.39. The summed E-state index contributed by atoms with van der Waals surface area (Å²) in [5.41, 5.74) is 3.72. The number of nitrogens with zero attached hydrogens (tertiary/aromatic N) is 5. The minimum Gasteiger partial charge on any atom is -0.464 e. The van der Waals surface area contributed by atoms with E-state index in [-0.39, 0.29) is 0 Å². The molecule has 1 saturated heterocycles. The summed E-state index contributed by atoms with van der Waals surface area (Å²) in [6.07, 6.45) is 1.99. The first kappa shape index (κ1) is 17.0. The van der Waals surface area contributed by atoms with Gasteiger partial charge in [0.1, 0.15) is 5.52 Å². The van der Waals surface area contributed by atoms with Crippen LogP contribution in [0.25, 0.3) is 22.4 Å². The summed E-state index contributed by atoms with van der Waals surface area (Å²) in [6, 6.07) is 8.27. The van der Waals surface area contributed by atoms with Crippen molar-refractivity contribution in [1.82, 2.24) is 19.4 Å². The Morgan fingerprint density at radius 3 is 2.50 bits per heavy atom. The van der Waals surface area contributed by atoms with Crippen LogP contribution in [0.3, 0.4) is 0 Å². The minimum atomic E-state index is -1.08. The number of aromatic nitrogens is 3. The largest absolute Gasteiger partial charge is 0.464 e. The van der Waals surface area contributed by atoms with Crippen LogP contribution in [-0.2, 0) is 0 Å². The molecule has 3 heterocycles. The van der Waals surface area contributed by atoms with E-state index >= 15 is 0 Å². The quantitative estimate of drug-likeness (QED) is 0.692. The van der Waals surface area contributed by atoms with Crippen molar-refractivity contribution in [1.29, 1.82) is 0 Å². The van der Waals surface area contributed by atoms with Gasteiger partial charge in [-0.05, 0) is 35.1 Å². The molecular weight excluding hydrogens is 398 g/mol. The predicted octanol–water partition coefficient (Wildman–Crippen LogP) is 3.14. The molecule has 0 aliphatic carbocycles. The SMILES string of the molecule is CN1CCN(c2ccc(-c3cnc4c(n3)c(Br)cn4C(=O)O)cc2)CC1. The number of carboxylic acid groups (broad SMARTS) is 1. The van der Waals surface area contributed by atoms with Crippen LogP contribution in [0.2, 0.25) is 0 Å². The molecule has 0 amide bonds. The molecule has 1 fully saturated rings. The lowest BCUT2D eigenvalue weighted by Gasteiger charge is -2.34. The molecule has 1 aliphatic rings. The van der Waals surface area contributed by atoms with E-state index in [4.69, 9.17) is 0 Å². The van der Waals surface area contributed by atoms with E-state index in [2.05, 4.69) is 54.9 Å². The van der Waals surface area contributed by atoms with Crippen molar-refractivity contribution in [2.24, 2.45) is 0 Å². The van der Waals surface area contributed by atoms with E-state index in [1.807, 2.05) is 12.1 Å². The molecule has 0 unspecified atom stereocenters. The van der Waals surface area contributed by atoms with E-state index in [1.54, 1.807) is 6.20 Å². The van der Waals surface area contributed by atoms with Gasteiger partial charge in [-0.15, -0.1) is 0 Å². The standard InChI is InChI=1S/C18H18BrN5O2/c1-22-6-8-23(9-7-22)13-4-2-12(3-5-13)15-10-20-17-16(21-15)14(19)11-24(17)18(25)26/h2-5,10-11H,6-9H2,1H3,(H,25,26). The molecule has 1 N–H and O–H groups in total. The molecule has 1 aromatic carbocycles. The Hall–Kier alpha value is -2.45. The third-order valence-electron chi connectivity index (χ3n) is 4.69. The van der Waals surface area contributed by atoms with Gasteiger partial charge in [-0.2, -0.15) is 0 Å². The zero-order valence-corrected chi connectivity index (χ0v) is 15.8. The lowest BCUT2D eigenvalue weighted by molar-refractivity contribution is 0.197. The van der Waals surface area contributed by atoms with Gasteiger partial charge >= 0.3 is 6.09 Å². The Balaban J connectivity index is 1.63. The van der Waals surface area contributed by atoms with Crippen molar-refractivity contribution in [2.45, 2.75) is 0 Å². The monoisotopic (exact) mass is 415 g/mol. The van der Waals surface area contributed by atoms with Gasteiger partial charge in [0, 0.05) is 43.6 Å². The average Bonchev–Trinajstić information content (AvgIpc) is 2.99. The summed E-state index contributed by atoms with van der Waals surface area (Å²) in [7, 11) is 2.14. The highest BCUT2D eigenvalue weighted by atomic mass is 79.9. The molecule has 0 saturated carbocycles. The maximum atomic E-state index is 11.3. The Morgan fingerprint density at radius 2 is 1.85 bits per heavy atom. The Kier molecular flexibility index (Phi) is 4.37. The molecule has 0 spiro atoms. The van der Waals surface area contributed by atoms with Crippen LogP contribution in [0.15, 0.2) is 41.1 Å². The van der Waals surface area contributed by atoms with Crippen LogP contribution >= 0.6 is 15.9 Å². The van der Waals surface area contributed by atoms with Crippen LogP contribution in [0.5, 0.6) is 0 Å². The molecule has 26 heavy (non-hydrogen) atoms. The van der Waals surface area contributed by atoms with Gasteiger partial charge in [-0.3, -0.25) is 0 Å². The molecule has 3 aromatic rings. The highest BCUT2D eigenvalue weighted by Crippen LogP contribution is 2.27. The number of fused-ring (bicyclic) bond motifs is 1. The van der Waals surface area contributed by atoms with E-state index in [9.17, 15) is 9.90 Å². The highest BCUT2D eigenvalue weighted by Gasteiger charge is 2.16. The smallest absolute Gasteiger partial charge is 0.417 e. The Labute approximate surface area is 159 Å². The molecule has 2 aromatic heterocycles. The van der Waals surface area contributed by atoms with Crippen molar-refractivity contribution >= 4 is 38.9 Å². The number of carbonyl (C=O) groups is 1. The third kappa shape index (κ3) is 3.06. The highest BCUT2D eigenvalue weighted by molar-refractivity contribution is 9.10. The number of piperazine rings is 1. The second kappa shape index (κ2) is 6.69. The van der Waals surface area contributed by atoms with Crippen molar-refractivity contribution < 1.29 is 9.90 Å². The van der Waals surface area contributed by atoms with Gasteiger partial charge in [0.15, 0.2) is 5.65 Å². The third-order valence-corrected chi connectivity index (χ3v) is 5.27. The van der Waals surface area contributed by atoms with Crippen LogP contribution in [0, 0.1) is 0 Å². The van der Waals surface area contributed by atoms with Gasteiger partial charge in [0.05, 0.1) is 16.4 Å². The first-order chi connectivity index (χ1) is 12.5. The number of hydrogen-bond donors (Lipinski definition) is 1. The molecular formula is C18H18BrN5O2. The lowest BCUT2D eigenvalue weighted by atomic mass is 10.1. The maximum absolute atomic E-state index is 11.3. The zero-order valence-electron chi connectivity index (χ0n) is 14.3. The Morgan fingerprint density at radius 1 is 1.15 bits per heavy atom. The summed E-state index contributed by atoms with van der Waals surface area (Å²) < 4.78 is 1.67. The van der Waals surface area contributed by atoms with E-state index in [0.29, 0.717) is 21.3 Å². The number of likely N-dealkylation sites (N-methyl/N-ethyl adjacent to an activating group) is 1. The fourth-order valence-electron chi connectivity index (χ4n) is 3.15. The van der Waals surface area contributed by atoms with Crippen molar-refractivity contribution in [3.05, 3.63) is 41.1 Å². The Bertz CT molecular complexity index is 962. The fourth-order valence-corrected chi connectivity index (χ4v) is 3.62. The van der Waals surface area contributed by atoms with Crippen molar-refractivity contribution in [3.63, 3.8) is 0 Å². The topological polar surface area (TPSA) is 74.5 Å². The molecule has 7 nitrogen and oxygen atoms in total. The summed E-state index contributed by atoms with van der Waals surface area (Å²) >= 11 is 3.36. The van der Waals surface area contributed by atoms with Gasteiger partial charge in [-0.25, -0.2) is 19.3 Å². The van der Waals surface area contributed by atoms with Gasteiger partial charge in [-0.1, -0.05) is 12.1 Å². The summed E-state index contributed by atoms with van der Waals surface area (Å²) in [5, 5.41) is 9.22. The number of anilines is 1. The molecule has 4 rings (SSSR count). The van der Waals surface area contributed by atoms with Crippen LogP contribution in [-0.4, -0.2) is 63.9 Å². The van der Waals surface area contributed by atoms with Crippen molar-refractivity contribution in [3.8, 4) is 11.3 Å². The van der Waals surface area contributed by atoms with Gasteiger partial charge < -0.3 is 14.9 Å². The molecule has 134 valence electrons. The number of rotatable bonds is 2. The molecule has 0 bridgehead atoms. The van der Waals surface area contributed by atoms with Gasteiger partial charge in [0.25, 0.3) is 0 Å². The summed E-state index contributed by atoms with van der Waals surface area (Å²) in [4.78, 5) is 24.8. The molecule has 0 radical (unpaired) electrons. The first-order valence-corrected chi connectivity index (χ1v) is 9.13. The minimum absolute atomic E-state index is 0.321. The summed E-state index contributed by atoms with van der Waals surface area (Å²) in [5.74, 6) is 0. The predicted molar refractivity (Wildman–Crippen MR) is 104 cm³/mol. The van der Waals surface area contributed by atoms with E-state index < -0.39 is 6.09 Å². The first-order valence-electron chi connectivity index (χ1n) is 8.34. The summed E-state index contributed by atoms with van der Waals surface area (Å²) in [6.45, 7) is 4.19. The van der Waals surface area contributed by atoms with E-state index in [0.717, 1.165) is 36.3 Å².